The van der Waals surface area contributed by atoms with Gasteiger partial charge in [0.2, 0.25) is 0 Å². The maximum atomic E-state index is 11.1. The van der Waals surface area contributed by atoms with Crippen LogP contribution in [-0.2, 0) is 16.0 Å². The van der Waals surface area contributed by atoms with E-state index in [4.69, 9.17) is 28.5 Å². The normalized spacial score (nSPS) is 9.47. The van der Waals surface area contributed by atoms with Gasteiger partial charge in [-0.3, -0.25) is 4.79 Å². The van der Waals surface area contributed by atoms with E-state index in [1.165, 1.54) is 13.2 Å². The molecule has 0 unspecified atom stereocenters. The highest BCUT2D eigenvalue weighted by molar-refractivity contribution is 6.34. The van der Waals surface area contributed by atoms with Crippen molar-refractivity contribution in [3.8, 4) is 6.07 Å². The number of rotatable bonds is 2. The molecule has 15 heavy (non-hydrogen) atoms. The number of hydrogen-bond donors (Lipinski definition) is 0. The SMILES string of the molecule is COC(=O)Cc1c(Cl)ccc(Cl)c1C#N. The standard InChI is InChI=1S/C10H7Cl2NO2/c1-15-10(14)4-6-7(5-13)9(12)3-2-8(6)11/h2-3H,4H2,1H3. The van der Waals surface area contributed by atoms with Gasteiger partial charge in [-0.15, -0.1) is 0 Å². The molecule has 1 aromatic carbocycles. The zero-order valence-electron chi connectivity index (χ0n) is 7.88. The van der Waals surface area contributed by atoms with Crippen LogP contribution >= 0.6 is 23.2 Å². The summed E-state index contributed by atoms with van der Waals surface area (Å²) in [5, 5.41) is 9.48. The summed E-state index contributed by atoms with van der Waals surface area (Å²) in [4.78, 5) is 11.1. The third kappa shape index (κ3) is 2.62. The first kappa shape index (κ1) is 11.8. The van der Waals surface area contributed by atoms with Gasteiger partial charge in [0.15, 0.2) is 0 Å². The lowest BCUT2D eigenvalue weighted by Gasteiger charge is -2.06. The first-order valence-electron chi connectivity index (χ1n) is 4.04. The third-order valence-electron chi connectivity index (χ3n) is 1.87. The van der Waals surface area contributed by atoms with Crippen LogP contribution in [0.1, 0.15) is 11.1 Å². The van der Waals surface area contributed by atoms with Crippen molar-refractivity contribution in [1.82, 2.24) is 0 Å². The van der Waals surface area contributed by atoms with E-state index in [0.29, 0.717) is 10.6 Å². The summed E-state index contributed by atoms with van der Waals surface area (Å²) in [7, 11) is 1.27. The number of carbonyl (C=O) groups is 1. The summed E-state index contributed by atoms with van der Waals surface area (Å²) in [5.74, 6) is -0.462. The van der Waals surface area contributed by atoms with E-state index < -0.39 is 5.97 Å². The van der Waals surface area contributed by atoms with Crippen LogP contribution in [0.15, 0.2) is 12.1 Å². The Bertz CT molecular complexity index is 438. The number of nitriles is 1. The van der Waals surface area contributed by atoms with E-state index in [1.54, 1.807) is 6.07 Å². The summed E-state index contributed by atoms with van der Waals surface area (Å²) in [6, 6.07) is 4.97. The van der Waals surface area contributed by atoms with Crippen LogP contribution in [0.4, 0.5) is 0 Å². The van der Waals surface area contributed by atoms with Crippen molar-refractivity contribution >= 4 is 29.2 Å². The lowest BCUT2D eigenvalue weighted by molar-refractivity contribution is -0.139. The highest BCUT2D eigenvalue weighted by Crippen LogP contribution is 2.26. The number of hydrogen-bond acceptors (Lipinski definition) is 3. The van der Waals surface area contributed by atoms with Crippen molar-refractivity contribution in [2.75, 3.05) is 7.11 Å². The van der Waals surface area contributed by atoms with E-state index >= 15 is 0 Å². The fraction of sp³-hybridized carbons (Fsp3) is 0.200. The van der Waals surface area contributed by atoms with Crippen LogP contribution in [-0.4, -0.2) is 13.1 Å². The van der Waals surface area contributed by atoms with Crippen LogP contribution in [0.2, 0.25) is 10.0 Å². The first-order chi connectivity index (χ1) is 7.10. The molecule has 1 rings (SSSR count). The van der Waals surface area contributed by atoms with Crippen molar-refractivity contribution in [2.24, 2.45) is 0 Å². The Balaban J connectivity index is 3.21. The highest BCUT2D eigenvalue weighted by atomic mass is 35.5. The monoisotopic (exact) mass is 243 g/mol. The van der Waals surface area contributed by atoms with Crippen LogP contribution in [0.5, 0.6) is 0 Å². The van der Waals surface area contributed by atoms with Gasteiger partial charge in [0.25, 0.3) is 0 Å². The second-order valence-electron chi connectivity index (χ2n) is 2.75. The summed E-state index contributed by atoms with van der Waals surface area (Å²) < 4.78 is 4.50. The number of benzene rings is 1. The molecule has 1 aromatic rings. The summed E-state index contributed by atoms with van der Waals surface area (Å²) in [6.07, 6.45) is -0.0568. The Morgan fingerprint density at radius 2 is 2.07 bits per heavy atom. The Labute approximate surface area is 97.2 Å². The molecule has 0 radical (unpaired) electrons. The van der Waals surface area contributed by atoms with Crippen molar-refractivity contribution in [2.45, 2.75) is 6.42 Å². The van der Waals surface area contributed by atoms with Gasteiger partial charge in [0.05, 0.1) is 24.1 Å². The van der Waals surface area contributed by atoms with Crippen molar-refractivity contribution in [3.05, 3.63) is 33.3 Å². The third-order valence-corrected chi connectivity index (χ3v) is 2.53. The maximum Gasteiger partial charge on any atom is 0.310 e. The number of carbonyl (C=O) groups excluding carboxylic acids is 1. The van der Waals surface area contributed by atoms with Gasteiger partial charge in [-0.25, -0.2) is 0 Å². The number of ether oxygens (including phenoxy) is 1. The molecule has 5 heteroatoms. The molecule has 0 saturated carbocycles. The summed E-state index contributed by atoms with van der Waals surface area (Å²) in [6.45, 7) is 0. The molecule has 78 valence electrons. The number of halogens is 2. The average Bonchev–Trinajstić information content (AvgIpc) is 2.23. The Morgan fingerprint density at radius 3 is 2.60 bits per heavy atom. The lowest BCUT2D eigenvalue weighted by atomic mass is 10.1. The van der Waals surface area contributed by atoms with Gasteiger partial charge >= 0.3 is 5.97 Å². The predicted octanol–water partition coefficient (Wildman–Crippen LogP) is 2.58. The zero-order chi connectivity index (χ0) is 11.4. The fourth-order valence-electron chi connectivity index (χ4n) is 1.10. The number of nitrogens with zero attached hydrogens (tertiary/aromatic N) is 1. The Kier molecular flexibility index (Phi) is 3.96. The molecular formula is C10H7Cl2NO2. The molecule has 0 aromatic heterocycles. The fourth-order valence-corrected chi connectivity index (χ4v) is 1.55. The summed E-state index contributed by atoms with van der Waals surface area (Å²) in [5.41, 5.74) is 0.619. The second kappa shape index (κ2) is 5.01. The van der Waals surface area contributed by atoms with Gasteiger partial charge in [0, 0.05) is 10.6 Å². The molecule has 0 saturated heterocycles. The predicted molar refractivity (Wildman–Crippen MR) is 56.9 cm³/mol. The van der Waals surface area contributed by atoms with E-state index in [9.17, 15) is 4.79 Å². The van der Waals surface area contributed by atoms with Crippen LogP contribution in [0, 0.1) is 11.3 Å². The molecule has 0 heterocycles. The van der Waals surface area contributed by atoms with E-state index in [2.05, 4.69) is 4.74 Å². The molecule has 0 aliphatic carbocycles. The highest BCUT2D eigenvalue weighted by Gasteiger charge is 2.14. The Morgan fingerprint density at radius 1 is 1.47 bits per heavy atom. The topological polar surface area (TPSA) is 50.1 Å². The largest absolute Gasteiger partial charge is 0.469 e. The van der Waals surface area contributed by atoms with E-state index in [1.807, 2.05) is 6.07 Å². The van der Waals surface area contributed by atoms with Crippen molar-refractivity contribution in [1.29, 1.82) is 5.26 Å². The molecule has 0 atom stereocenters. The van der Waals surface area contributed by atoms with E-state index in [0.717, 1.165) is 0 Å². The molecule has 0 bridgehead atoms. The molecule has 0 spiro atoms. The quantitative estimate of drug-likeness (QED) is 0.751. The van der Waals surface area contributed by atoms with Gasteiger partial charge in [-0.1, -0.05) is 23.2 Å². The second-order valence-corrected chi connectivity index (χ2v) is 3.56. The van der Waals surface area contributed by atoms with Crippen LogP contribution in [0.25, 0.3) is 0 Å². The number of methoxy groups -OCH3 is 1. The van der Waals surface area contributed by atoms with Gasteiger partial charge < -0.3 is 4.74 Å². The first-order valence-corrected chi connectivity index (χ1v) is 4.79. The molecule has 0 aliphatic heterocycles. The van der Waals surface area contributed by atoms with Gasteiger partial charge in [0.1, 0.15) is 6.07 Å². The maximum absolute atomic E-state index is 11.1. The number of esters is 1. The van der Waals surface area contributed by atoms with E-state index in [-0.39, 0.29) is 17.0 Å². The van der Waals surface area contributed by atoms with Gasteiger partial charge in [-0.05, 0) is 12.1 Å². The van der Waals surface area contributed by atoms with Crippen LogP contribution in [0.3, 0.4) is 0 Å². The molecule has 0 aliphatic rings. The molecule has 0 amide bonds. The minimum atomic E-state index is -0.462. The van der Waals surface area contributed by atoms with Crippen LogP contribution < -0.4 is 0 Å². The molecular weight excluding hydrogens is 237 g/mol. The average molecular weight is 244 g/mol. The minimum absolute atomic E-state index is 0.0568. The van der Waals surface area contributed by atoms with Crippen molar-refractivity contribution in [3.63, 3.8) is 0 Å². The lowest BCUT2D eigenvalue weighted by Crippen LogP contribution is -2.06. The Hall–Kier alpha value is -1.24. The zero-order valence-corrected chi connectivity index (χ0v) is 9.39. The molecule has 0 fully saturated rings. The van der Waals surface area contributed by atoms with Crippen molar-refractivity contribution < 1.29 is 9.53 Å². The van der Waals surface area contributed by atoms with Gasteiger partial charge in [-0.2, -0.15) is 5.26 Å². The summed E-state index contributed by atoms with van der Waals surface area (Å²) >= 11 is 11.7. The molecule has 0 N–H and O–H groups in total. The minimum Gasteiger partial charge on any atom is -0.469 e. The smallest absolute Gasteiger partial charge is 0.310 e. The molecule has 3 nitrogen and oxygen atoms in total.